The van der Waals surface area contributed by atoms with Crippen LogP contribution in [0.4, 0.5) is 5.69 Å². The molecule has 0 aliphatic rings. The van der Waals surface area contributed by atoms with E-state index < -0.39 is 0 Å². The van der Waals surface area contributed by atoms with Gasteiger partial charge in [0, 0.05) is 34.9 Å². The molecule has 6 heteroatoms. The molecule has 0 bridgehead atoms. The molecule has 3 rings (SSSR count). The molecule has 1 aromatic carbocycles. The predicted octanol–water partition coefficient (Wildman–Crippen LogP) is 4.74. The maximum atomic E-state index is 12.7. The second-order valence-electron chi connectivity index (χ2n) is 5.19. The van der Waals surface area contributed by atoms with Crippen molar-refractivity contribution in [2.75, 3.05) is 11.6 Å². The molecule has 0 saturated carbocycles. The van der Waals surface area contributed by atoms with Crippen molar-refractivity contribution in [3.8, 4) is 0 Å². The lowest BCUT2D eigenvalue weighted by atomic mass is 10.2. The van der Waals surface area contributed by atoms with Crippen molar-refractivity contribution in [2.24, 2.45) is 0 Å². The number of hydrogen-bond acceptors (Lipinski definition) is 5. The molecule has 2 aromatic heterocycles. The maximum absolute atomic E-state index is 12.7. The van der Waals surface area contributed by atoms with E-state index >= 15 is 0 Å². The van der Waals surface area contributed by atoms with Crippen LogP contribution in [0.2, 0.25) is 0 Å². The number of carbonyl (C=O) groups excluding carboxylic acids is 1. The fraction of sp³-hybridized carbons (Fsp3) is 0.105. The van der Waals surface area contributed by atoms with Crippen molar-refractivity contribution in [2.45, 2.75) is 15.7 Å². The summed E-state index contributed by atoms with van der Waals surface area (Å²) in [6.07, 6.45) is 7.25. The van der Waals surface area contributed by atoms with Crippen molar-refractivity contribution in [3.63, 3.8) is 0 Å². The molecule has 4 nitrogen and oxygen atoms in total. The maximum Gasteiger partial charge on any atom is 0.258 e. The largest absolute Gasteiger partial charge is 0.322 e. The summed E-state index contributed by atoms with van der Waals surface area (Å²) in [6.45, 7) is 0. The lowest BCUT2D eigenvalue weighted by Crippen LogP contribution is -2.13. The number of thioether (sulfide) groups is 2. The number of hydrogen-bond donors (Lipinski definition) is 1. The number of benzene rings is 1. The summed E-state index contributed by atoms with van der Waals surface area (Å²) in [6, 6.07) is 15.3. The van der Waals surface area contributed by atoms with Gasteiger partial charge in [0.05, 0.1) is 5.56 Å². The van der Waals surface area contributed by atoms with Crippen LogP contribution in [0.3, 0.4) is 0 Å². The van der Waals surface area contributed by atoms with Gasteiger partial charge in [-0.3, -0.25) is 9.78 Å². The van der Waals surface area contributed by atoms with Crippen LogP contribution in [0.25, 0.3) is 0 Å². The van der Waals surface area contributed by atoms with Gasteiger partial charge in [0.2, 0.25) is 0 Å². The highest BCUT2D eigenvalue weighted by atomic mass is 32.2. The van der Waals surface area contributed by atoms with Gasteiger partial charge in [-0.1, -0.05) is 6.07 Å². The Labute approximate surface area is 155 Å². The van der Waals surface area contributed by atoms with Gasteiger partial charge in [0.15, 0.2) is 0 Å². The molecular formula is C19H17N3OS2. The van der Waals surface area contributed by atoms with Crippen LogP contribution in [0.15, 0.2) is 77.0 Å². The van der Waals surface area contributed by atoms with Gasteiger partial charge in [-0.2, -0.15) is 0 Å². The first-order valence-electron chi connectivity index (χ1n) is 7.68. The molecule has 0 fully saturated rings. The topological polar surface area (TPSA) is 54.9 Å². The van der Waals surface area contributed by atoms with Crippen LogP contribution in [0.1, 0.15) is 15.9 Å². The fourth-order valence-electron chi connectivity index (χ4n) is 2.21. The van der Waals surface area contributed by atoms with Crippen molar-refractivity contribution in [3.05, 3.63) is 78.2 Å². The molecule has 0 saturated heterocycles. The van der Waals surface area contributed by atoms with E-state index in [1.54, 1.807) is 54.2 Å². The highest BCUT2D eigenvalue weighted by Crippen LogP contribution is 2.25. The van der Waals surface area contributed by atoms with Crippen molar-refractivity contribution < 1.29 is 4.79 Å². The molecular weight excluding hydrogens is 350 g/mol. The minimum Gasteiger partial charge on any atom is -0.322 e. The first kappa shape index (κ1) is 17.5. The number of carbonyl (C=O) groups is 1. The number of aromatic nitrogens is 2. The summed E-state index contributed by atoms with van der Waals surface area (Å²) in [5, 5.41) is 3.68. The number of pyridine rings is 2. The minimum absolute atomic E-state index is 0.149. The number of anilines is 1. The zero-order valence-electron chi connectivity index (χ0n) is 13.7. The molecule has 0 aliphatic heterocycles. The van der Waals surface area contributed by atoms with Gasteiger partial charge in [0.25, 0.3) is 5.91 Å². The molecule has 0 atom stereocenters. The van der Waals surface area contributed by atoms with Crippen LogP contribution in [0.5, 0.6) is 0 Å². The number of nitrogens with one attached hydrogen (secondary N) is 1. The van der Waals surface area contributed by atoms with Gasteiger partial charge in [-0.05, 0) is 54.3 Å². The highest BCUT2D eigenvalue weighted by molar-refractivity contribution is 7.98. The van der Waals surface area contributed by atoms with E-state index in [1.165, 1.54) is 0 Å². The summed E-state index contributed by atoms with van der Waals surface area (Å²) in [5.74, 6) is 0.588. The van der Waals surface area contributed by atoms with E-state index in [0.29, 0.717) is 5.56 Å². The molecule has 0 unspecified atom stereocenters. The predicted molar refractivity (Wildman–Crippen MR) is 104 cm³/mol. The van der Waals surface area contributed by atoms with E-state index in [1.807, 2.05) is 42.7 Å². The monoisotopic (exact) mass is 367 g/mol. The van der Waals surface area contributed by atoms with Crippen LogP contribution in [-0.4, -0.2) is 22.1 Å². The van der Waals surface area contributed by atoms with E-state index in [9.17, 15) is 4.79 Å². The van der Waals surface area contributed by atoms with Gasteiger partial charge < -0.3 is 5.32 Å². The first-order chi connectivity index (χ1) is 12.3. The third kappa shape index (κ3) is 4.84. The van der Waals surface area contributed by atoms with Crippen molar-refractivity contribution >= 4 is 35.1 Å². The Balaban J connectivity index is 1.74. The first-order valence-corrected chi connectivity index (χ1v) is 9.89. The zero-order chi connectivity index (χ0) is 17.5. The standard InChI is InChI=1S/C19H17N3OS2/c1-24-16-5-2-4-15(12-16)22-18(23)17-6-3-9-21-19(17)25-13-14-7-10-20-11-8-14/h2-12H,13H2,1H3,(H,22,23). The molecule has 0 spiro atoms. The molecule has 25 heavy (non-hydrogen) atoms. The highest BCUT2D eigenvalue weighted by Gasteiger charge is 2.13. The SMILES string of the molecule is CSc1cccc(NC(=O)c2cccnc2SCc2ccncc2)c1. The Morgan fingerprint density at radius 3 is 2.72 bits per heavy atom. The third-order valence-corrected chi connectivity index (χ3v) is 5.27. The smallest absolute Gasteiger partial charge is 0.258 e. The lowest BCUT2D eigenvalue weighted by molar-refractivity contribution is 0.102. The zero-order valence-corrected chi connectivity index (χ0v) is 15.3. The van der Waals surface area contributed by atoms with Crippen molar-refractivity contribution in [1.29, 1.82) is 0 Å². The Bertz CT molecular complexity index is 856. The van der Waals surface area contributed by atoms with Gasteiger partial charge in [0.1, 0.15) is 5.03 Å². The second kappa shape index (κ2) is 8.69. The van der Waals surface area contributed by atoms with Crippen molar-refractivity contribution in [1.82, 2.24) is 9.97 Å². The molecule has 1 N–H and O–H groups in total. The molecule has 1 amide bonds. The van der Waals surface area contributed by atoms with Crippen LogP contribution < -0.4 is 5.32 Å². The van der Waals surface area contributed by atoms with E-state index in [2.05, 4.69) is 15.3 Å². The Kier molecular flexibility index (Phi) is 6.09. The Morgan fingerprint density at radius 1 is 1.08 bits per heavy atom. The third-order valence-electron chi connectivity index (χ3n) is 3.47. The molecule has 126 valence electrons. The summed E-state index contributed by atoms with van der Waals surface area (Å²) < 4.78 is 0. The van der Waals surface area contributed by atoms with E-state index in [4.69, 9.17) is 0 Å². The number of rotatable bonds is 6. The van der Waals surface area contributed by atoms with Crippen LogP contribution in [-0.2, 0) is 5.75 Å². The fourth-order valence-corrected chi connectivity index (χ4v) is 3.62. The summed E-state index contributed by atoms with van der Waals surface area (Å²) in [4.78, 5) is 22.2. The second-order valence-corrected chi connectivity index (χ2v) is 7.03. The normalized spacial score (nSPS) is 10.4. The van der Waals surface area contributed by atoms with E-state index in [-0.39, 0.29) is 5.91 Å². The summed E-state index contributed by atoms with van der Waals surface area (Å²) in [5.41, 5.74) is 2.51. The summed E-state index contributed by atoms with van der Waals surface area (Å²) in [7, 11) is 0. The van der Waals surface area contributed by atoms with Gasteiger partial charge in [-0.15, -0.1) is 23.5 Å². The number of amides is 1. The average Bonchev–Trinajstić information content (AvgIpc) is 2.67. The van der Waals surface area contributed by atoms with Gasteiger partial charge in [-0.25, -0.2) is 4.98 Å². The molecule has 0 radical (unpaired) electrons. The van der Waals surface area contributed by atoms with E-state index in [0.717, 1.165) is 26.9 Å². The summed E-state index contributed by atoms with van der Waals surface area (Å²) >= 11 is 3.18. The van der Waals surface area contributed by atoms with Crippen LogP contribution >= 0.6 is 23.5 Å². The minimum atomic E-state index is -0.149. The Hall–Kier alpha value is -2.31. The van der Waals surface area contributed by atoms with Gasteiger partial charge >= 0.3 is 0 Å². The number of nitrogens with zero attached hydrogens (tertiary/aromatic N) is 2. The average molecular weight is 367 g/mol. The quantitative estimate of drug-likeness (QED) is 0.638. The Morgan fingerprint density at radius 2 is 1.92 bits per heavy atom. The molecule has 2 heterocycles. The molecule has 0 aliphatic carbocycles. The van der Waals surface area contributed by atoms with Crippen LogP contribution in [0, 0.1) is 0 Å². The lowest BCUT2D eigenvalue weighted by Gasteiger charge is -2.10. The molecule has 3 aromatic rings.